The number of anilines is 1. The number of rotatable bonds is 14. The summed E-state index contributed by atoms with van der Waals surface area (Å²) < 4.78 is 11.0. The van der Waals surface area contributed by atoms with E-state index in [9.17, 15) is 29.1 Å². The number of nitrogens with one attached hydrogen (secondary N) is 2. The van der Waals surface area contributed by atoms with Crippen LogP contribution in [-0.2, 0) is 36.9 Å². The zero-order valence-corrected chi connectivity index (χ0v) is 25.4. The number of aromatic hydroxyl groups is 1. The van der Waals surface area contributed by atoms with Crippen LogP contribution in [-0.4, -0.2) is 60.0 Å². The lowest BCUT2D eigenvalue weighted by atomic mass is 10.0. The molecule has 3 aromatic carbocycles. The minimum absolute atomic E-state index is 0.0681. The third-order valence-electron chi connectivity index (χ3n) is 7.41. The van der Waals surface area contributed by atoms with Crippen molar-refractivity contribution >= 4 is 35.7 Å². The van der Waals surface area contributed by atoms with Crippen molar-refractivity contribution in [2.75, 3.05) is 11.4 Å². The van der Waals surface area contributed by atoms with Gasteiger partial charge in [-0.25, -0.2) is 0 Å². The van der Waals surface area contributed by atoms with E-state index in [1.807, 2.05) is 37.3 Å². The summed E-state index contributed by atoms with van der Waals surface area (Å²) in [6, 6.07) is 17.6. The van der Waals surface area contributed by atoms with Crippen LogP contribution in [0.25, 0.3) is 0 Å². The molecule has 1 aliphatic heterocycles. The molecule has 0 aliphatic carbocycles. The maximum atomic E-state index is 13.3. The second-order valence-electron chi connectivity index (χ2n) is 10.9. The lowest BCUT2D eigenvalue weighted by Crippen LogP contribution is -2.46. The molecule has 3 atom stereocenters. The van der Waals surface area contributed by atoms with Crippen LogP contribution in [0.4, 0.5) is 5.69 Å². The first kappa shape index (κ1) is 32.9. The monoisotopic (exact) mass is 615 g/mol. The van der Waals surface area contributed by atoms with Crippen LogP contribution < -0.4 is 15.5 Å². The Morgan fingerprint density at radius 1 is 1.11 bits per heavy atom. The van der Waals surface area contributed by atoms with Crippen LogP contribution in [0.1, 0.15) is 64.1 Å². The number of carbonyl (C=O) groups is 5. The van der Waals surface area contributed by atoms with Gasteiger partial charge >= 0.3 is 5.97 Å². The van der Waals surface area contributed by atoms with Gasteiger partial charge in [-0.3, -0.25) is 24.0 Å². The quantitative estimate of drug-likeness (QED) is 0.141. The highest BCUT2D eigenvalue weighted by Gasteiger charge is 2.37. The molecule has 45 heavy (non-hydrogen) atoms. The molecule has 1 fully saturated rings. The van der Waals surface area contributed by atoms with E-state index in [1.165, 1.54) is 0 Å². The molecule has 3 aromatic rings. The zero-order chi connectivity index (χ0) is 32.5. The molecule has 1 saturated heterocycles. The van der Waals surface area contributed by atoms with E-state index in [0.29, 0.717) is 29.5 Å². The minimum Gasteiger partial charge on any atom is -0.507 e. The van der Waals surface area contributed by atoms with Crippen molar-refractivity contribution in [2.24, 2.45) is 0 Å². The summed E-state index contributed by atoms with van der Waals surface area (Å²) in [5.74, 6) is -1.66. The number of benzene rings is 3. The molecule has 11 nitrogen and oxygen atoms in total. The van der Waals surface area contributed by atoms with Crippen LogP contribution in [0.5, 0.6) is 5.75 Å². The normalized spacial score (nSPS) is 16.4. The largest absolute Gasteiger partial charge is 0.507 e. The van der Waals surface area contributed by atoms with Gasteiger partial charge in [0.1, 0.15) is 18.3 Å². The van der Waals surface area contributed by atoms with Gasteiger partial charge < -0.3 is 30.1 Å². The first-order valence-corrected chi connectivity index (χ1v) is 14.7. The van der Waals surface area contributed by atoms with E-state index in [0.717, 1.165) is 10.5 Å². The maximum absolute atomic E-state index is 13.3. The Labute approximate surface area is 261 Å². The molecule has 236 valence electrons. The lowest BCUT2D eigenvalue weighted by Gasteiger charge is -2.23. The molecule has 4 rings (SSSR count). The molecule has 3 unspecified atom stereocenters. The fourth-order valence-electron chi connectivity index (χ4n) is 5.10. The molecular formula is C34H37N3O8. The van der Waals surface area contributed by atoms with E-state index in [4.69, 9.17) is 9.47 Å². The Hall–Kier alpha value is -5.03. The number of ether oxygens (including phenoxy) is 2. The zero-order valence-electron chi connectivity index (χ0n) is 25.4. The number of phenols is 1. The average Bonchev–Trinajstić information content (AvgIpc) is 3.38. The third-order valence-corrected chi connectivity index (χ3v) is 7.41. The van der Waals surface area contributed by atoms with Gasteiger partial charge in [0.15, 0.2) is 5.78 Å². The SMILES string of the molecule is CCc1cc(C(=O)NC(C)CC(=O)c2ccccc2N(C=O)CC(=O)NC2CC(=O)OC2OCc2ccccc2)cc(C)c1O. The van der Waals surface area contributed by atoms with Crippen molar-refractivity contribution in [1.82, 2.24) is 10.6 Å². The number of cyclic esters (lactones) is 1. The van der Waals surface area contributed by atoms with E-state index >= 15 is 0 Å². The van der Waals surface area contributed by atoms with Crippen molar-refractivity contribution < 1.29 is 38.6 Å². The summed E-state index contributed by atoms with van der Waals surface area (Å²) in [5.41, 5.74) is 2.91. The molecule has 3 amide bonds. The van der Waals surface area contributed by atoms with Crippen LogP contribution in [0.15, 0.2) is 66.7 Å². The highest BCUT2D eigenvalue weighted by Crippen LogP contribution is 2.25. The third kappa shape index (κ3) is 8.54. The Bertz CT molecular complexity index is 1560. The predicted molar refractivity (Wildman–Crippen MR) is 166 cm³/mol. The fraction of sp³-hybridized carbons (Fsp3) is 0.324. The summed E-state index contributed by atoms with van der Waals surface area (Å²) in [5, 5.41) is 15.7. The average molecular weight is 616 g/mol. The van der Waals surface area contributed by atoms with Crippen LogP contribution in [0.2, 0.25) is 0 Å². The molecule has 0 aromatic heterocycles. The van der Waals surface area contributed by atoms with E-state index in [2.05, 4.69) is 10.6 Å². The van der Waals surface area contributed by atoms with Crippen LogP contribution in [0, 0.1) is 6.92 Å². The Morgan fingerprint density at radius 2 is 1.82 bits per heavy atom. The van der Waals surface area contributed by atoms with Gasteiger partial charge in [-0.05, 0) is 61.2 Å². The van der Waals surface area contributed by atoms with Crippen molar-refractivity contribution in [3.05, 3.63) is 94.5 Å². The summed E-state index contributed by atoms with van der Waals surface area (Å²) in [7, 11) is 0. The first-order valence-electron chi connectivity index (χ1n) is 14.7. The number of aryl methyl sites for hydroxylation is 2. The summed E-state index contributed by atoms with van der Waals surface area (Å²) in [4.78, 5) is 64.4. The van der Waals surface area contributed by atoms with Gasteiger partial charge in [-0.1, -0.05) is 49.4 Å². The number of para-hydroxylation sites is 1. The second-order valence-corrected chi connectivity index (χ2v) is 10.9. The van der Waals surface area contributed by atoms with Crippen molar-refractivity contribution in [3.63, 3.8) is 0 Å². The summed E-state index contributed by atoms with van der Waals surface area (Å²) >= 11 is 0. The number of hydrogen-bond donors (Lipinski definition) is 3. The molecule has 11 heteroatoms. The number of hydrogen-bond acceptors (Lipinski definition) is 8. The minimum atomic E-state index is -0.990. The smallest absolute Gasteiger partial charge is 0.310 e. The number of carbonyl (C=O) groups excluding carboxylic acids is 5. The van der Waals surface area contributed by atoms with Gasteiger partial charge in [-0.15, -0.1) is 0 Å². The lowest BCUT2D eigenvalue weighted by molar-refractivity contribution is -0.168. The molecular weight excluding hydrogens is 578 g/mol. The molecule has 3 N–H and O–H groups in total. The molecule has 0 radical (unpaired) electrons. The van der Waals surface area contributed by atoms with Gasteiger partial charge in [-0.2, -0.15) is 0 Å². The number of phenolic OH excluding ortho intramolecular Hbond substituents is 1. The molecule has 0 spiro atoms. The Morgan fingerprint density at radius 3 is 2.53 bits per heavy atom. The number of Topliss-reactive ketones (excluding diaryl/α,β-unsaturated/α-hetero) is 1. The van der Waals surface area contributed by atoms with Gasteiger partial charge in [0.25, 0.3) is 5.91 Å². The highest BCUT2D eigenvalue weighted by molar-refractivity contribution is 6.05. The summed E-state index contributed by atoms with van der Waals surface area (Å²) in [6.07, 6.45) is -0.139. The standard InChI is InChI=1S/C34H37N3O8/c1-4-24-16-25(14-21(2)32(24)42)33(43)35-22(3)15-29(39)26-12-8-9-13-28(26)37(20-38)18-30(40)36-27-17-31(41)45-34(27)44-19-23-10-6-5-7-11-23/h5-14,16,20,22,27,34,42H,4,15,17-19H2,1-3H3,(H,35,43)(H,36,40). The van der Waals surface area contributed by atoms with Crippen molar-refractivity contribution in [1.29, 1.82) is 0 Å². The molecule has 0 saturated carbocycles. The second kappa shape index (κ2) is 15.1. The van der Waals surface area contributed by atoms with Crippen molar-refractivity contribution in [2.45, 2.75) is 65.0 Å². The molecule has 1 aliphatic rings. The number of nitrogens with zero attached hydrogens (tertiary/aromatic N) is 1. The number of esters is 1. The van der Waals surface area contributed by atoms with Crippen molar-refractivity contribution in [3.8, 4) is 5.75 Å². The topological polar surface area (TPSA) is 151 Å². The van der Waals surface area contributed by atoms with E-state index < -0.39 is 36.8 Å². The van der Waals surface area contributed by atoms with Crippen LogP contribution >= 0.6 is 0 Å². The number of amides is 3. The van der Waals surface area contributed by atoms with E-state index in [1.54, 1.807) is 50.2 Å². The first-order chi connectivity index (χ1) is 21.6. The van der Waals surface area contributed by atoms with E-state index in [-0.39, 0.29) is 48.1 Å². The Kier molecular flexibility index (Phi) is 11.0. The van der Waals surface area contributed by atoms with Gasteiger partial charge in [0.05, 0.1) is 18.7 Å². The maximum Gasteiger partial charge on any atom is 0.310 e. The predicted octanol–water partition coefficient (Wildman–Crippen LogP) is 3.59. The number of ketones is 1. The molecule has 1 heterocycles. The highest BCUT2D eigenvalue weighted by atomic mass is 16.7. The molecule has 0 bridgehead atoms. The van der Waals surface area contributed by atoms with Crippen LogP contribution in [0.3, 0.4) is 0 Å². The summed E-state index contributed by atoms with van der Waals surface area (Å²) in [6.45, 7) is 5.04. The fourth-order valence-corrected chi connectivity index (χ4v) is 5.10. The van der Waals surface area contributed by atoms with Gasteiger partial charge in [0, 0.05) is 23.6 Å². The Balaban J connectivity index is 1.38. The van der Waals surface area contributed by atoms with Gasteiger partial charge in [0.2, 0.25) is 18.6 Å².